The van der Waals surface area contributed by atoms with E-state index in [4.69, 9.17) is 9.47 Å². The number of carbonyl (C=O) groups is 1. The van der Waals surface area contributed by atoms with E-state index in [9.17, 15) is 4.79 Å². The van der Waals surface area contributed by atoms with E-state index in [1.807, 2.05) is 18.2 Å². The van der Waals surface area contributed by atoms with Crippen LogP contribution in [-0.4, -0.2) is 26.4 Å². The van der Waals surface area contributed by atoms with Crippen LogP contribution in [0.15, 0.2) is 24.3 Å². The lowest BCUT2D eigenvalue weighted by Crippen LogP contribution is -2.46. The Morgan fingerprint density at radius 1 is 1.20 bits per heavy atom. The molecular weight excluding hydrogens is 194 g/mol. The van der Waals surface area contributed by atoms with Crippen molar-refractivity contribution >= 4 is 5.91 Å². The molecule has 0 fully saturated rings. The molecule has 4 nitrogen and oxygen atoms in total. The number of fused-ring (bicyclic) bond motifs is 1. The summed E-state index contributed by atoms with van der Waals surface area (Å²) in [7, 11) is 3.15. The average Bonchev–Trinajstić information content (AvgIpc) is 2.29. The van der Waals surface area contributed by atoms with E-state index < -0.39 is 6.23 Å². The van der Waals surface area contributed by atoms with Gasteiger partial charge >= 0.3 is 0 Å². The maximum absolute atomic E-state index is 11.7. The van der Waals surface area contributed by atoms with Crippen molar-refractivity contribution in [1.29, 1.82) is 0 Å². The van der Waals surface area contributed by atoms with E-state index >= 15 is 0 Å². The van der Waals surface area contributed by atoms with Crippen LogP contribution in [0.3, 0.4) is 0 Å². The minimum atomic E-state index is -0.419. The second-order valence-corrected chi connectivity index (χ2v) is 3.37. The summed E-state index contributed by atoms with van der Waals surface area (Å²) in [6.07, 6.45) is -0.665. The summed E-state index contributed by atoms with van der Waals surface area (Å²) >= 11 is 0. The summed E-state index contributed by atoms with van der Waals surface area (Å²) in [6, 6.07) is 7.38. The second-order valence-electron chi connectivity index (χ2n) is 3.37. The van der Waals surface area contributed by atoms with Gasteiger partial charge in [-0.2, -0.15) is 0 Å². The molecule has 1 amide bonds. The number of methoxy groups -OCH3 is 2. The van der Waals surface area contributed by atoms with Gasteiger partial charge in [-0.1, -0.05) is 18.2 Å². The van der Waals surface area contributed by atoms with E-state index in [1.165, 1.54) is 0 Å². The van der Waals surface area contributed by atoms with Gasteiger partial charge in [0.05, 0.1) is 0 Å². The van der Waals surface area contributed by atoms with Gasteiger partial charge in [-0.25, -0.2) is 0 Å². The largest absolute Gasteiger partial charge is 0.372 e. The van der Waals surface area contributed by atoms with Gasteiger partial charge in [-0.3, -0.25) is 4.79 Å². The van der Waals surface area contributed by atoms with Gasteiger partial charge < -0.3 is 14.8 Å². The molecule has 2 rings (SSSR count). The first-order valence-corrected chi connectivity index (χ1v) is 4.73. The van der Waals surface area contributed by atoms with Crippen LogP contribution >= 0.6 is 0 Å². The zero-order valence-electron chi connectivity index (χ0n) is 8.69. The van der Waals surface area contributed by atoms with Crippen molar-refractivity contribution in [1.82, 2.24) is 5.32 Å². The number of carbonyl (C=O) groups excluding carboxylic acids is 1. The van der Waals surface area contributed by atoms with Gasteiger partial charge in [0.1, 0.15) is 6.10 Å². The molecule has 1 aromatic rings. The van der Waals surface area contributed by atoms with Crippen LogP contribution in [0.4, 0.5) is 0 Å². The molecule has 1 heterocycles. The summed E-state index contributed by atoms with van der Waals surface area (Å²) in [5, 5.41) is 2.74. The van der Waals surface area contributed by atoms with Crippen molar-refractivity contribution in [3.05, 3.63) is 35.4 Å². The molecule has 1 aliphatic rings. The van der Waals surface area contributed by atoms with Crippen molar-refractivity contribution in [3.63, 3.8) is 0 Å². The lowest BCUT2D eigenvalue weighted by molar-refractivity contribution is -0.0551. The van der Waals surface area contributed by atoms with Crippen LogP contribution in [0, 0.1) is 0 Å². The van der Waals surface area contributed by atoms with Crippen LogP contribution in [0.1, 0.15) is 22.0 Å². The molecule has 1 aliphatic heterocycles. The van der Waals surface area contributed by atoms with E-state index in [0.29, 0.717) is 5.56 Å². The SMILES string of the molecule is COC1NC(=O)c2ccccc2C1OC. The fraction of sp³-hybridized carbons (Fsp3) is 0.364. The van der Waals surface area contributed by atoms with Crippen molar-refractivity contribution in [3.8, 4) is 0 Å². The monoisotopic (exact) mass is 207 g/mol. The van der Waals surface area contributed by atoms with Crippen molar-refractivity contribution < 1.29 is 14.3 Å². The molecule has 0 aromatic heterocycles. The summed E-state index contributed by atoms with van der Waals surface area (Å²) in [6.45, 7) is 0. The number of benzene rings is 1. The van der Waals surface area contributed by atoms with Crippen LogP contribution in [0.25, 0.3) is 0 Å². The molecule has 0 aliphatic carbocycles. The standard InChI is InChI=1S/C11H13NO3/c1-14-9-7-5-3-4-6-8(7)10(13)12-11(9)15-2/h3-6,9,11H,1-2H3,(H,12,13). The highest BCUT2D eigenvalue weighted by molar-refractivity contribution is 5.97. The van der Waals surface area contributed by atoms with Crippen LogP contribution < -0.4 is 5.32 Å². The quantitative estimate of drug-likeness (QED) is 0.789. The first kappa shape index (κ1) is 10.1. The Balaban J connectivity index is 2.46. The smallest absolute Gasteiger partial charge is 0.253 e. The Labute approximate surface area is 88.2 Å². The van der Waals surface area contributed by atoms with Gasteiger partial charge in [0.2, 0.25) is 0 Å². The number of hydrogen-bond donors (Lipinski definition) is 1. The molecule has 0 radical (unpaired) electrons. The van der Waals surface area contributed by atoms with Crippen molar-refractivity contribution in [2.24, 2.45) is 0 Å². The fourth-order valence-electron chi connectivity index (χ4n) is 1.83. The molecule has 0 spiro atoms. The van der Waals surface area contributed by atoms with Gasteiger partial charge in [-0.15, -0.1) is 0 Å². The minimum absolute atomic E-state index is 0.120. The number of rotatable bonds is 2. The van der Waals surface area contributed by atoms with E-state index in [2.05, 4.69) is 5.32 Å². The van der Waals surface area contributed by atoms with Crippen molar-refractivity contribution in [2.75, 3.05) is 14.2 Å². The first-order chi connectivity index (χ1) is 7.27. The fourth-order valence-corrected chi connectivity index (χ4v) is 1.83. The lowest BCUT2D eigenvalue weighted by Gasteiger charge is -2.31. The highest BCUT2D eigenvalue weighted by Gasteiger charge is 2.33. The molecule has 1 aromatic carbocycles. The van der Waals surface area contributed by atoms with Crippen molar-refractivity contribution in [2.45, 2.75) is 12.3 Å². The Hall–Kier alpha value is -1.39. The normalized spacial score (nSPS) is 24.5. The Kier molecular flexibility index (Phi) is 2.70. The third kappa shape index (κ3) is 1.62. The molecular formula is C11H13NO3. The molecule has 0 bridgehead atoms. The maximum Gasteiger partial charge on any atom is 0.253 e. The second kappa shape index (κ2) is 4.00. The first-order valence-electron chi connectivity index (χ1n) is 4.73. The minimum Gasteiger partial charge on any atom is -0.372 e. The zero-order chi connectivity index (χ0) is 10.8. The molecule has 1 N–H and O–H groups in total. The molecule has 0 saturated carbocycles. The molecule has 2 unspecified atom stereocenters. The van der Waals surface area contributed by atoms with Gasteiger partial charge in [-0.05, 0) is 11.6 Å². The predicted molar refractivity (Wildman–Crippen MR) is 54.5 cm³/mol. The Bertz CT molecular complexity index is 378. The average molecular weight is 207 g/mol. The molecule has 80 valence electrons. The summed E-state index contributed by atoms with van der Waals surface area (Å²) < 4.78 is 10.5. The van der Waals surface area contributed by atoms with E-state index in [-0.39, 0.29) is 12.0 Å². The zero-order valence-corrected chi connectivity index (χ0v) is 8.69. The number of ether oxygens (including phenoxy) is 2. The maximum atomic E-state index is 11.7. The summed E-state index contributed by atoms with van der Waals surface area (Å²) in [5.41, 5.74) is 1.52. The van der Waals surface area contributed by atoms with Gasteiger partial charge in [0.15, 0.2) is 6.23 Å². The Morgan fingerprint density at radius 2 is 1.93 bits per heavy atom. The topological polar surface area (TPSA) is 47.6 Å². The Morgan fingerprint density at radius 3 is 2.60 bits per heavy atom. The molecule has 15 heavy (non-hydrogen) atoms. The number of hydrogen-bond acceptors (Lipinski definition) is 3. The van der Waals surface area contributed by atoms with Crippen LogP contribution in [0.5, 0.6) is 0 Å². The summed E-state index contributed by atoms with van der Waals surface area (Å²) in [4.78, 5) is 11.7. The third-order valence-electron chi connectivity index (χ3n) is 2.57. The van der Waals surface area contributed by atoms with Gasteiger partial charge in [0.25, 0.3) is 5.91 Å². The molecule has 0 saturated heterocycles. The predicted octanol–water partition coefficient (Wildman–Crippen LogP) is 1.09. The van der Waals surface area contributed by atoms with Gasteiger partial charge in [0, 0.05) is 19.8 Å². The molecule has 4 heteroatoms. The number of amides is 1. The highest BCUT2D eigenvalue weighted by atomic mass is 16.5. The van der Waals surface area contributed by atoms with Crippen LogP contribution in [0.2, 0.25) is 0 Å². The van der Waals surface area contributed by atoms with E-state index in [0.717, 1.165) is 5.56 Å². The summed E-state index contributed by atoms with van der Waals surface area (Å²) in [5.74, 6) is -0.120. The highest BCUT2D eigenvalue weighted by Crippen LogP contribution is 2.28. The van der Waals surface area contributed by atoms with Crippen LogP contribution in [-0.2, 0) is 9.47 Å². The molecule has 2 atom stereocenters. The van der Waals surface area contributed by atoms with E-state index in [1.54, 1.807) is 20.3 Å². The third-order valence-corrected chi connectivity index (χ3v) is 2.57. The lowest BCUT2D eigenvalue weighted by atomic mass is 9.97. The number of nitrogens with one attached hydrogen (secondary N) is 1.